The second kappa shape index (κ2) is 18.6. The summed E-state index contributed by atoms with van der Waals surface area (Å²) in [6.07, 6.45) is 5.17. The van der Waals surface area contributed by atoms with Crippen molar-refractivity contribution in [1.29, 1.82) is 0 Å². The van der Waals surface area contributed by atoms with E-state index >= 15 is 0 Å². The number of thiazole rings is 2. The molecule has 13 heteroatoms. The van der Waals surface area contributed by atoms with Crippen LogP contribution < -0.4 is 16.0 Å². The zero-order valence-corrected chi connectivity index (χ0v) is 27.6. The normalized spacial score (nSPS) is 12.8. The van der Waals surface area contributed by atoms with Crippen molar-refractivity contribution in [1.82, 2.24) is 30.8 Å². The Hall–Kier alpha value is -4.33. The van der Waals surface area contributed by atoms with E-state index in [1.54, 1.807) is 30.5 Å². The van der Waals surface area contributed by atoms with E-state index in [4.69, 9.17) is 9.47 Å². The van der Waals surface area contributed by atoms with Crippen LogP contribution in [0.25, 0.3) is 0 Å². The summed E-state index contributed by atoms with van der Waals surface area (Å²) in [5.41, 5.74) is 5.53. The van der Waals surface area contributed by atoms with E-state index in [1.807, 2.05) is 60.7 Å². The Kier molecular flexibility index (Phi) is 14.0. The fourth-order valence-electron chi connectivity index (χ4n) is 4.84. The summed E-state index contributed by atoms with van der Waals surface area (Å²) in [5.74, 6) is -0.348. The highest BCUT2D eigenvalue weighted by atomic mass is 32.1. The van der Waals surface area contributed by atoms with Gasteiger partial charge in [0.25, 0.3) is 0 Å². The van der Waals surface area contributed by atoms with Crippen LogP contribution >= 0.6 is 22.7 Å². The Morgan fingerprint density at radius 3 is 1.91 bits per heavy atom. The van der Waals surface area contributed by atoms with Gasteiger partial charge in [-0.25, -0.2) is 9.59 Å². The van der Waals surface area contributed by atoms with Gasteiger partial charge in [-0.2, -0.15) is 0 Å². The highest BCUT2D eigenvalue weighted by Gasteiger charge is 2.26. The summed E-state index contributed by atoms with van der Waals surface area (Å²) >= 11 is 2.88. The molecule has 0 aliphatic rings. The van der Waals surface area contributed by atoms with Crippen molar-refractivity contribution in [2.24, 2.45) is 0 Å². The predicted molar refractivity (Wildman–Crippen MR) is 178 cm³/mol. The lowest BCUT2D eigenvalue weighted by Crippen LogP contribution is -2.54. The van der Waals surface area contributed by atoms with Crippen molar-refractivity contribution < 1.29 is 23.9 Å². The molecule has 0 unspecified atom stereocenters. The molecule has 2 aromatic carbocycles. The first-order valence-corrected chi connectivity index (χ1v) is 16.7. The molecule has 0 aliphatic carbocycles. The van der Waals surface area contributed by atoms with E-state index in [1.165, 1.54) is 34.7 Å². The molecule has 2 aromatic heterocycles. The Morgan fingerprint density at radius 2 is 1.37 bits per heavy atom. The number of hydrogen-bond donors (Lipinski definition) is 3. The minimum absolute atomic E-state index is 0.00775. The van der Waals surface area contributed by atoms with Crippen LogP contribution in [-0.4, -0.2) is 71.8 Å². The first-order chi connectivity index (χ1) is 22.4. The molecule has 11 nitrogen and oxygen atoms in total. The van der Waals surface area contributed by atoms with E-state index in [-0.39, 0.29) is 31.2 Å². The molecule has 0 aliphatic heterocycles. The largest absolute Gasteiger partial charge is 0.444 e. The number of urea groups is 1. The molecule has 2 heterocycles. The smallest absolute Gasteiger partial charge is 0.407 e. The molecule has 0 saturated heterocycles. The molecule has 0 radical (unpaired) electrons. The molecule has 0 spiro atoms. The highest BCUT2D eigenvalue weighted by molar-refractivity contribution is 7.09. The highest BCUT2D eigenvalue weighted by Crippen LogP contribution is 2.15. The third kappa shape index (κ3) is 11.9. The van der Waals surface area contributed by atoms with Crippen molar-refractivity contribution in [3.05, 3.63) is 105 Å². The van der Waals surface area contributed by atoms with Gasteiger partial charge in [-0.1, -0.05) is 60.7 Å². The van der Waals surface area contributed by atoms with E-state index in [0.29, 0.717) is 32.2 Å². The van der Waals surface area contributed by atoms with E-state index in [0.717, 1.165) is 20.9 Å². The van der Waals surface area contributed by atoms with Crippen molar-refractivity contribution >= 4 is 40.7 Å². The molecule has 0 bridgehead atoms. The van der Waals surface area contributed by atoms with Gasteiger partial charge in [0.2, 0.25) is 5.91 Å². The first-order valence-electron chi connectivity index (χ1n) is 15.0. The number of alkyl carbamates (subject to hydrolysis) is 1. The number of carbonyl (C=O) groups is 3. The molecular formula is C33H40N6O5S2. The third-order valence-corrected chi connectivity index (χ3v) is 8.70. The summed E-state index contributed by atoms with van der Waals surface area (Å²) in [4.78, 5) is 50.7. The Bertz CT molecular complexity index is 1460. The van der Waals surface area contributed by atoms with Crippen LogP contribution in [0.15, 0.2) is 84.1 Å². The number of nitrogens with one attached hydrogen (secondary N) is 3. The lowest BCUT2D eigenvalue weighted by Gasteiger charge is -2.27. The van der Waals surface area contributed by atoms with Gasteiger partial charge >= 0.3 is 12.1 Å². The topological polar surface area (TPSA) is 135 Å². The Morgan fingerprint density at radius 1 is 0.804 bits per heavy atom. The lowest BCUT2D eigenvalue weighted by molar-refractivity contribution is -0.125. The third-order valence-electron chi connectivity index (χ3n) is 7.18. The zero-order chi connectivity index (χ0) is 32.6. The predicted octanol–water partition coefficient (Wildman–Crippen LogP) is 4.80. The zero-order valence-electron chi connectivity index (χ0n) is 26.0. The van der Waals surface area contributed by atoms with Gasteiger partial charge in [-0.15, -0.1) is 22.7 Å². The molecule has 46 heavy (non-hydrogen) atoms. The van der Waals surface area contributed by atoms with Crippen LogP contribution in [0.5, 0.6) is 0 Å². The monoisotopic (exact) mass is 664 g/mol. The van der Waals surface area contributed by atoms with Crippen LogP contribution in [0.2, 0.25) is 0 Å². The van der Waals surface area contributed by atoms with Gasteiger partial charge in [-0.3, -0.25) is 14.8 Å². The number of aromatic nitrogens is 2. The maximum atomic E-state index is 13.6. The van der Waals surface area contributed by atoms with Crippen LogP contribution in [0.3, 0.4) is 0 Å². The molecule has 4 rings (SSSR count). The number of benzene rings is 2. The minimum Gasteiger partial charge on any atom is -0.444 e. The van der Waals surface area contributed by atoms with Crippen LogP contribution in [0, 0.1) is 0 Å². The SMILES string of the molecule is COC[C@H](NC(=O)N(C)Cc1cncs1)C(=O)N[C@H](CC[C@H](Cc1ccccc1)NC(=O)OCc1cncs1)Cc1ccccc1. The Balaban J connectivity index is 1.42. The summed E-state index contributed by atoms with van der Waals surface area (Å²) in [5, 5.41) is 8.98. The average molecular weight is 665 g/mol. The quantitative estimate of drug-likeness (QED) is 0.148. The molecule has 0 saturated carbocycles. The molecule has 0 fully saturated rings. The van der Waals surface area contributed by atoms with Gasteiger partial charge in [0.05, 0.1) is 29.0 Å². The van der Waals surface area contributed by atoms with Crippen LogP contribution in [-0.2, 0) is 40.3 Å². The number of carbonyl (C=O) groups excluding carboxylic acids is 3. The van der Waals surface area contributed by atoms with Gasteiger partial charge in [0.15, 0.2) is 0 Å². The Labute approximate surface area is 277 Å². The number of methoxy groups -OCH3 is 1. The number of nitrogens with zero attached hydrogens (tertiary/aromatic N) is 3. The molecule has 244 valence electrons. The maximum absolute atomic E-state index is 13.6. The van der Waals surface area contributed by atoms with Gasteiger partial charge in [0.1, 0.15) is 12.6 Å². The standard InChI is InChI=1S/C33H40N6O5S2/c1-39(19-28-17-34-22-45-28)32(41)38-30(21-43-2)31(40)36-26(15-24-9-5-3-6-10-24)13-14-27(16-25-11-7-4-8-12-25)37-33(42)44-20-29-18-35-23-46-29/h3-12,17-18,22-23,26-27,30H,13-16,19-21H2,1-2H3,(H,36,40)(H,37,42)(H,38,41)/t26-,27-,30+/m1/s1. The molecular weight excluding hydrogens is 625 g/mol. The lowest BCUT2D eigenvalue weighted by atomic mass is 9.96. The number of rotatable bonds is 17. The number of amides is 4. The van der Waals surface area contributed by atoms with Crippen molar-refractivity contribution in [2.45, 2.75) is 57.0 Å². The summed E-state index contributed by atoms with van der Waals surface area (Å²) < 4.78 is 10.8. The summed E-state index contributed by atoms with van der Waals surface area (Å²) in [7, 11) is 3.15. The maximum Gasteiger partial charge on any atom is 0.407 e. The van der Waals surface area contributed by atoms with E-state index in [9.17, 15) is 14.4 Å². The fraction of sp³-hybridized carbons (Fsp3) is 0.364. The van der Waals surface area contributed by atoms with Gasteiger partial charge in [0, 0.05) is 43.5 Å². The molecule has 4 aromatic rings. The van der Waals surface area contributed by atoms with E-state index in [2.05, 4.69) is 25.9 Å². The van der Waals surface area contributed by atoms with Crippen molar-refractivity contribution in [2.75, 3.05) is 20.8 Å². The molecule has 3 atom stereocenters. The van der Waals surface area contributed by atoms with Gasteiger partial charge in [-0.05, 0) is 36.8 Å². The molecule has 3 N–H and O–H groups in total. The minimum atomic E-state index is -0.903. The van der Waals surface area contributed by atoms with E-state index < -0.39 is 18.2 Å². The second-order valence-electron chi connectivity index (χ2n) is 10.8. The first kappa shape index (κ1) is 34.5. The van der Waals surface area contributed by atoms with Crippen molar-refractivity contribution in [3.63, 3.8) is 0 Å². The summed E-state index contributed by atoms with van der Waals surface area (Å²) in [6.45, 7) is 0.526. The average Bonchev–Trinajstić information content (AvgIpc) is 3.78. The van der Waals surface area contributed by atoms with Crippen LogP contribution in [0.4, 0.5) is 9.59 Å². The fourth-order valence-corrected chi connectivity index (χ4v) is 6.00. The summed E-state index contributed by atoms with van der Waals surface area (Å²) in [6, 6.07) is 18.0. The number of ether oxygens (including phenoxy) is 2. The second-order valence-corrected chi connectivity index (χ2v) is 12.8. The van der Waals surface area contributed by atoms with Gasteiger partial charge < -0.3 is 30.3 Å². The van der Waals surface area contributed by atoms with Crippen LogP contribution in [0.1, 0.15) is 33.7 Å². The number of hydrogen-bond acceptors (Lipinski definition) is 9. The molecule has 4 amide bonds. The van der Waals surface area contributed by atoms with Crippen molar-refractivity contribution in [3.8, 4) is 0 Å².